The predicted molar refractivity (Wildman–Crippen MR) is 86.2 cm³/mol. The summed E-state index contributed by atoms with van der Waals surface area (Å²) in [6, 6.07) is 12.8. The number of benzene rings is 1. The van der Waals surface area contributed by atoms with E-state index in [0.29, 0.717) is 17.0 Å². The van der Waals surface area contributed by atoms with Gasteiger partial charge in [0.1, 0.15) is 5.82 Å². The van der Waals surface area contributed by atoms with E-state index in [1.807, 2.05) is 12.1 Å². The Hall–Kier alpha value is -2.50. The van der Waals surface area contributed by atoms with Crippen molar-refractivity contribution in [3.8, 4) is 0 Å². The maximum atomic E-state index is 4.38. The first-order valence-corrected chi connectivity index (χ1v) is 8.23. The molecule has 0 radical (unpaired) electrons. The van der Waals surface area contributed by atoms with Gasteiger partial charge in [0.2, 0.25) is 0 Å². The minimum atomic E-state index is 0.404. The first-order valence-electron chi connectivity index (χ1n) is 8.23. The van der Waals surface area contributed by atoms with E-state index < -0.39 is 0 Å². The van der Waals surface area contributed by atoms with Gasteiger partial charge >= 0.3 is 0 Å². The third kappa shape index (κ3) is 2.01. The van der Waals surface area contributed by atoms with Crippen molar-refractivity contribution >= 4 is 11.5 Å². The zero-order chi connectivity index (χ0) is 15.3. The Labute approximate surface area is 133 Å². The number of anilines is 1. The number of hydrogen-bond acceptors (Lipinski definition) is 5. The number of nitrogens with zero attached hydrogens (tertiary/aromatic N) is 5. The van der Waals surface area contributed by atoms with Crippen molar-refractivity contribution in [2.45, 2.75) is 31.1 Å². The molecular weight excluding hydrogens is 288 g/mol. The molecule has 6 nitrogen and oxygen atoms in total. The van der Waals surface area contributed by atoms with Crippen LogP contribution in [0, 0.1) is 5.92 Å². The molecule has 0 bridgehead atoms. The molecule has 2 unspecified atom stereocenters. The number of aryl methyl sites for hydroxylation is 1. The third-order valence-electron chi connectivity index (χ3n) is 5.45. The molecule has 1 fully saturated rings. The van der Waals surface area contributed by atoms with Gasteiger partial charge in [-0.2, -0.15) is 0 Å². The summed E-state index contributed by atoms with van der Waals surface area (Å²) in [7, 11) is 0. The molecule has 1 N–H and O–H groups in total. The van der Waals surface area contributed by atoms with Crippen LogP contribution in [0.15, 0.2) is 36.4 Å². The third-order valence-corrected chi connectivity index (χ3v) is 5.45. The Morgan fingerprint density at radius 1 is 1.22 bits per heavy atom. The Bertz CT molecular complexity index is 872. The number of rotatable bonds is 3. The first-order chi connectivity index (χ1) is 11.4. The van der Waals surface area contributed by atoms with E-state index in [9.17, 15) is 0 Å². The van der Waals surface area contributed by atoms with Crippen molar-refractivity contribution in [1.82, 2.24) is 25.3 Å². The van der Waals surface area contributed by atoms with Crippen LogP contribution < -0.4 is 5.32 Å². The molecule has 0 amide bonds. The summed E-state index contributed by atoms with van der Waals surface area (Å²) in [6.07, 6.45) is 5.14. The van der Waals surface area contributed by atoms with Gasteiger partial charge in [-0.15, -0.1) is 14.8 Å². The van der Waals surface area contributed by atoms with Crippen LogP contribution in [-0.4, -0.2) is 31.8 Å². The fourth-order valence-electron chi connectivity index (χ4n) is 4.21. The second kappa shape index (κ2) is 4.75. The van der Waals surface area contributed by atoms with Crippen molar-refractivity contribution < 1.29 is 0 Å². The molecule has 23 heavy (non-hydrogen) atoms. The number of fused-ring (bicyclic) bond motifs is 3. The Balaban J connectivity index is 1.34. The molecule has 0 aliphatic heterocycles. The van der Waals surface area contributed by atoms with Gasteiger partial charge in [-0.3, -0.25) is 0 Å². The van der Waals surface area contributed by atoms with Crippen molar-refractivity contribution in [3.63, 3.8) is 0 Å². The van der Waals surface area contributed by atoms with Gasteiger partial charge in [-0.1, -0.05) is 24.3 Å². The van der Waals surface area contributed by atoms with Crippen molar-refractivity contribution in [2.24, 2.45) is 5.92 Å². The molecule has 2 aliphatic rings. The van der Waals surface area contributed by atoms with E-state index in [0.717, 1.165) is 12.4 Å². The average molecular weight is 306 g/mol. The molecule has 2 aromatic heterocycles. The summed E-state index contributed by atoms with van der Waals surface area (Å²) in [6.45, 7) is 0.953. The molecule has 116 valence electrons. The second-order valence-electron chi connectivity index (χ2n) is 6.69. The van der Waals surface area contributed by atoms with Crippen molar-refractivity contribution in [3.05, 3.63) is 47.5 Å². The summed E-state index contributed by atoms with van der Waals surface area (Å²) in [5, 5.41) is 19.2. The van der Waals surface area contributed by atoms with E-state index in [1.54, 1.807) is 11.1 Å². The minimum absolute atomic E-state index is 0.404. The largest absolute Gasteiger partial charge is 0.368 e. The quantitative estimate of drug-likeness (QED) is 0.803. The molecule has 2 heterocycles. The number of tetrazole rings is 1. The lowest BCUT2D eigenvalue weighted by atomic mass is 9.78. The van der Waals surface area contributed by atoms with Crippen molar-refractivity contribution in [1.29, 1.82) is 0 Å². The second-order valence-corrected chi connectivity index (χ2v) is 6.69. The lowest BCUT2D eigenvalue weighted by Crippen LogP contribution is -2.21. The van der Waals surface area contributed by atoms with E-state index >= 15 is 0 Å². The standard InChI is InChI=1S/C17H18N6/c1-2-6-14-12(4-1)5-3-9-17(14)10-13(17)11-18-15-7-8-16-19-21-22-23(16)20-15/h1-2,4,6-8,13H,3,5,9-11H2,(H,18,20). The first kappa shape index (κ1) is 13.0. The van der Waals surface area contributed by atoms with Gasteiger partial charge < -0.3 is 5.32 Å². The lowest BCUT2D eigenvalue weighted by Gasteiger charge is -2.26. The smallest absolute Gasteiger partial charge is 0.200 e. The van der Waals surface area contributed by atoms with Gasteiger partial charge in [-0.05, 0) is 65.3 Å². The van der Waals surface area contributed by atoms with E-state index in [-0.39, 0.29) is 0 Å². The van der Waals surface area contributed by atoms with Gasteiger partial charge in [0.25, 0.3) is 0 Å². The number of nitrogens with one attached hydrogen (secondary N) is 1. The van der Waals surface area contributed by atoms with Crippen molar-refractivity contribution in [2.75, 3.05) is 11.9 Å². The Kier molecular flexibility index (Phi) is 2.68. The van der Waals surface area contributed by atoms with E-state index in [4.69, 9.17) is 0 Å². The molecule has 6 heteroatoms. The van der Waals surface area contributed by atoms with E-state index in [1.165, 1.54) is 30.3 Å². The molecule has 2 atom stereocenters. The van der Waals surface area contributed by atoms with Crippen LogP contribution in [-0.2, 0) is 11.8 Å². The summed E-state index contributed by atoms with van der Waals surface area (Å²) < 4.78 is 1.46. The maximum Gasteiger partial charge on any atom is 0.200 e. The summed E-state index contributed by atoms with van der Waals surface area (Å²) in [5.74, 6) is 1.52. The van der Waals surface area contributed by atoms with Crippen LogP contribution in [0.25, 0.3) is 5.65 Å². The normalized spacial score (nSPS) is 25.5. The summed E-state index contributed by atoms with van der Waals surface area (Å²) in [5.41, 5.74) is 4.21. The highest BCUT2D eigenvalue weighted by Gasteiger charge is 2.55. The predicted octanol–water partition coefficient (Wildman–Crippen LogP) is 2.23. The van der Waals surface area contributed by atoms with Crippen LogP contribution in [0.1, 0.15) is 30.4 Å². The number of aromatic nitrogens is 5. The molecule has 1 saturated carbocycles. The van der Waals surface area contributed by atoms with Gasteiger partial charge in [-0.25, -0.2) is 0 Å². The molecule has 0 saturated heterocycles. The molecular formula is C17H18N6. The zero-order valence-corrected chi connectivity index (χ0v) is 12.8. The van der Waals surface area contributed by atoms with Crippen LogP contribution >= 0.6 is 0 Å². The van der Waals surface area contributed by atoms with Gasteiger partial charge in [0.15, 0.2) is 5.65 Å². The topological polar surface area (TPSA) is 68.0 Å². The highest BCUT2D eigenvalue weighted by molar-refractivity contribution is 5.45. The molecule has 1 spiro atoms. The van der Waals surface area contributed by atoms with Crippen LogP contribution in [0.5, 0.6) is 0 Å². The Morgan fingerprint density at radius 2 is 2.17 bits per heavy atom. The SMILES string of the molecule is c1ccc2c(c1)CCCC21CC1CNc1ccc2nnnn2n1. The maximum absolute atomic E-state index is 4.38. The zero-order valence-electron chi connectivity index (χ0n) is 12.8. The van der Waals surface area contributed by atoms with Crippen LogP contribution in [0.4, 0.5) is 5.82 Å². The fourth-order valence-corrected chi connectivity index (χ4v) is 4.21. The molecule has 3 aromatic rings. The lowest BCUT2D eigenvalue weighted by molar-refractivity contribution is 0.503. The van der Waals surface area contributed by atoms with E-state index in [2.05, 4.69) is 50.2 Å². The average Bonchev–Trinajstić information content (AvgIpc) is 3.06. The van der Waals surface area contributed by atoms with Crippen LogP contribution in [0.2, 0.25) is 0 Å². The highest BCUT2D eigenvalue weighted by atomic mass is 15.6. The summed E-state index contributed by atoms with van der Waals surface area (Å²) in [4.78, 5) is 0. The monoisotopic (exact) mass is 306 g/mol. The molecule has 5 rings (SSSR count). The van der Waals surface area contributed by atoms with Crippen LogP contribution in [0.3, 0.4) is 0 Å². The Morgan fingerprint density at radius 3 is 3.17 bits per heavy atom. The minimum Gasteiger partial charge on any atom is -0.368 e. The fraction of sp³-hybridized carbons (Fsp3) is 0.412. The number of hydrogen-bond donors (Lipinski definition) is 1. The van der Waals surface area contributed by atoms with Gasteiger partial charge in [0, 0.05) is 12.0 Å². The molecule has 1 aromatic carbocycles. The molecule has 2 aliphatic carbocycles. The highest BCUT2D eigenvalue weighted by Crippen LogP contribution is 2.60. The summed E-state index contributed by atoms with van der Waals surface area (Å²) >= 11 is 0. The van der Waals surface area contributed by atoms with Gasteiger partial charge in [0.05, 0.1) is 0 Å².